The number of rotatable bonds is 2. The van der Waals surface area contributed by atoms with Gasteiger partial charge in [-0.1, -0.05) is 0 Å². The number of hydrogen-bond donors (Lipinski definition) is 3. The number of amides is 1. The lowest BCUT2D eigenvalue weighted by Crippen LogP contribution is -2.28. The monoisotopic (exact) mass is 200 g/mol. The van der Waals surface area contributed by atoms with Gasteiger partial charge in [0, 0.05) is 12.4 Å². The van der Waals surface area contributed by atoms with Crippen molar-refractivity contribution >= 4 is 13.5 Å². The zero-order chi connectivity index (χ0) is 9.90. The fraction of sp³-hybridized carbons (Fsp3) is 0. The summed E-state index contributed by atoms with van der Waals surface area (Å²) < 4.78 is 10.8. The Morgan fingerprint density at radius 1 is 1.54 bits per heavy atom. The van der Waals surface area contributed by atoms with Gasteiger partial charge in [0.2, 0.25) is 0 Å². The van der Waals surface area contributed by atoms with Crippen molar-refractivity contribution in [3.63, 3.8) is 0 Å². The highest BCUT2D eigenvalue weighted by Crippen LogP contribution is 2.18. The maximum Gasteiger partial charge on any atom is 0.300 e. The van der Waals surface area contributed by atoms with Crippen molar-refractivity contribution in [1.29, 1.82) is 0 Å². The van der Waals surface area contributed by atoms with Gasteiger partial charge in [0.1, 0.15) is 0 Å². The topological polar surface area (TPSA) is 111 Å². The summed E-state index contributed by atoms with van der Waals surface area (Å²) in [7, 11) is -3.51. The number of carbonyl (C=O) groups is 1. The number of aromatic nitrogens is 1. The summed E-state index contributed by atoms with van der Waals surface area (Å²) in [6.45, 7) is 0. The molecule has 1 rings (SSSR count). The first-order valence-corrected chi connectivity index (χ1v) is 5.23. The number of pyridine rings is 1. The Labute approximate surface area is 74.9 Å². The van der Waals surface area contributed by atoms with Crippen molar-refractivity contribution in [1.82, 2.24) is 10.1 Å². The van der Waals surface area contributed by atoms with Crippen LogP contribution < -0.4 is 16.1 Å². The standard InChI is InChI=1S/C6H9N4O2P/c7-13(8,12)10-6(11)5-2-1-3-9-4-5/h1-4H,(H5,7,8,10,11,12). The van der Waals surface area contributed by atoms with Gasteiger partial charge in [0.05, 0.1) is 5.56 Å². The summed E-state index contributed by atoms with van der Waals surface area (Å²) in [5, 5.41) is 1.97. The minimum Gasteiger partial charge on any atom is -0.279 e. The van der Waals surface area contributed by atoms with Crippen LogP contribution in [-0.2, 0) is 4.57 Å². The van der Waals surface area contributed by atoms with E-state index in [0.29, 0.717) is 0 Å². The molecule has 0 aliphatic carbocycles. The predicted molar refractivity (Wildman–Crippen MR) is 47.7 cm³/mol. The van der Waals surface area contributed by atoms with Crippen molar-refractivity contribution < 1.29 is 9.36 Å². The molecule has 0 radical (unpaired) electrons. The SMILES string of the molecule is NP(N)(=O)NC(=O)c1cccnc1. The normalized spacial score (nSPS) is 10.9. The molecule has 1 aromatic rings. The molecule has 0 fully saturated rings. The molecule has 0 unspecified atom stereocenters. The molecule has 0 spiro atoms. The minimum absolute atomic E-state index is 0.263. The number of nitrogens with one attached hydrogen (secondary N) is 1. The van der Waals surface area contributed by atoms with E-state index in [-0.39, 0.29) is 5.56 Å². The number of hydrogen-bond acceptors (Lipinski definition) is 3. The van der Waals surface area contributed by atoms with Gasteiger partial charge >= 0.3 is 7.59 Å². The zero-order valence-electron chi connectivity index (χ0n) is 6.68. The molecule has 1 aromatic heterocycles. The second-order valence-electron chi connectivity index (χ2n) is 2.39. The third kappa shape index (κ3) is 3.33. The predicted octanol–water partition coefficient (Wildman–Crippen LogP) is -0.163. The second-order valence-corrected chi connectivity index (χ2v) is 4.03. The van der Waals surface area contributed by atoms with Crippen molar-refractivity contribution in [2.24, 2.45) is 11.0 Å². The first-order valence-electron chi connectivity index (χ1n) is 3.39. The highest BCUT2D eigenvalue weighted by molar-refractivity contribution is 7.57. The Kier molecular flexibility index (Phi) is 2.77. The lowest BCUT2D eigenvalue weighted by Gasteiger charge is -2.07. The average molecular weight is 200 g/mol. The van der Waals surface area contributed by atoms with Gasteiger partial charge in [0.25, 0.3) is 5.91 Å². The molecule has 1 amide bonds. The summed E-state index contributed by atoms with van der Waals surface area (Å²) in [5.41, 5.74) is 10.2. The lowest BCUT2D eigenvalue weighted by molar-refractivity contribution is 0.0980. The number of carbonyl (C=O) groups excluding carboxylic acids is 1. The molecule has 70 valence electrons. The summed E-state index contributed by atoms with van der Waals surface area (Å²) in [6, 6.07) is 3.09. The number of nitrogens with two attached hydrogens (primary N) is 2. The largest absolute Gasteiger partial charge is 0.300 e. The van der Waals surface area contributed by atoms with Crippen LogP contribution >= 0.6 is 7.59 Å². The Bertz CT molecular complexity index is 347. The van der Waals surface area contributed by atoms with E-state index in [2.05, 4.69) is 4.98 Å². The fourth-order valence-corrected chi connectivity index (χ4v) is 1.17. The molecule has 0 aromatic carbocycles. The van der Waals surface area contributed by atoms with E-state index < -0.39 is 13.5 Å². The molecule has 0 saturated carbocycles. The Hall–Kier alpha value is -1.23. The summed E-state index contributed by atoms with van der Waals surface area (Å²) in [4.78, 5) is 14.9. The third-order valence-electron chi connectivity index (χ3n) is 1.20. The molecule has 1 heterocycles. The van der Waals surface area contributed by atoms with Crippen LogP contribution in [0.3, 0.4) is 0 Å². The molecule has 0 atom stereocenters. The van der Waals surface area contributed by atoms with Crippen LogP contribution in [-0.4, -0.2) is 10.9 Å². The second kappa shape index (κ2) is 3.66. The summed E-state index contributed by atoms with van der Waals surface area (Å²) in [5.74, 6) is -0.596. The third-order valence-corrected chi connectivity index (χ3v) is 1.75. The van der Waals surface area contributed by atoms with E-state index in [4.69, 9.17) is 11.0 Å². The van der Waals surface area contributed by atoms with Crippen LogP contribution in [0.4, 0.5) is 0 Å². The van der Waals surface area contributed by atoms with Gasteiger partial charge in [-0.3, -0.25) is 30.4 Å². The van der Waals surface area contributed by atoms with E-state index in [1.165, 1.54) is 18.5 Å². The van der Waals surface area contributed by atoms with Gasteiger partial charge in [-0.2, -0.15) is 0 Å². The first kappa shape index (κ1) is 9.85. The molecule has 0 aliphatic rings. The highest BCUT2D eigenvalue weighted by atomic mass is 31.2. The maximum atomic E-state index is 11.2. The van der Waals surface area contributed by atoms with E-state index in [1.54, 1.807) is 6.07 Å². The molecule has 0 aliphatic heterocycles. The van der Waals surface area contributed by atoms with Crippen molar-refractivity contribution in [3.05, 3.63) is 30.1 Å². The summed E-state index contributed by atoms with van der Waals surface area (Å²) in [6.07, 6.45) is 2.84. The van der Waals surface area contributed by atoms with Crippen LogP contribution in [0.15, 0.2) is 24.5 Å². The first-order chi connectivity index (χ1) is 5.99. The van der Waals surface area contributed by atoms with Crippen LogP contribution in [0, 0.1) is 0 Å². The van der Waals surface area contributed by atoms with E-state index in [1.807, 2.05) is 5.09 Å². The van der Waals surface area contributed by atoms with E-state index >= 15 is 0 Å². The average Bonchev–Trinajstić information content (AvgIpc) is 2.03. The lowest BCUT2D eigenvalue weighted by atomic mass is 10.3. The van der Waals surface area contributed by atoms with Crippen LogP contribution in [0.1, 0.15) is 10.4 Å². The molecule has 13 heavy (non-hydrogen) atoms. The van der Waals surface area contributed by atoms with Gasteiger partial charge in [-0.25, -0.2) is 0 Å². The van der Waals surface area contributed by atoms with Crippen LogP contribution in [0.2, 0.25) is 0 Å². The summed E-state index contributed by atoms with van der Waals surface area (Å²) >= 11 is 0. The zero-order valence-corrected chi connectivity index (χ0v) is 7.57. The highest BCUT2D eigenvalue weighted by Gasteiger charge is 2.13. The minimum atomic E-state index is -3.51. The molecular weight excluding hydrogens is 191 g/mol. The molecule has 5 N–H and O–H groups in total. The van der Waals surface area contributed by atoms with Crippen molar-refractivity contribution in [2.75, 3.05) is 0 Å². The molecule has 0 bridgehead atoms. The molecule has 0 saturated heterocycles. The van der Waals surface area contributed by atoms with E-state index in [0.717, 1.165) is 0 Å². The Balaban J connectivity index is 2.76. The fourth-order valence-electron chi connectivity index (χ4n) is 0.720. The van der Waals surface area contributed by atoms with Gasteiger partial charge in [-0.15, -0.1) is 0 Å². The van der Waals surface area contributed by atoms with Crippen molar-refractivity contribution in [3.8, 4) is 0 Å². The molecular formula is C6H9N4O2P. The van der Waals surface area contributed by atoms with Crippen LogP contribution in [0.25, 0.3) is 0 Å². The van der Waals surface area contributed by atoms with Gasteiger partial charge < -0.3 is 0 Å². The molecule has 6 nitrogen and oxygen atoms in total. The Morgan fingerprint density at radius 2 is 2.23 bits per heavy atom. The van der Waals surface area contributed by atoms with E-state index in [9.17, 15) is 9.36 Å². The van der Waals surface area contributed by atoms with Crippen LogP contribution in [0.5, 0.6) is 0 Å². The molecule has 7 heteroatoms. The van der Waals surface area contributed by atoms with Crippen molar-refractivity contribution in [2.45, 2.75) is 0 Å². The quantitative estimate of drug-likeness (QED) is 0.574. The Morgan fingerprint density at radius 3 is 2.69 bits per heavy atom. The van der Waals surface area contributed by atoms with Gasteiger partial charge in [0.15, 0.2) is 0 Å². The maximum absolute atomic E-state index is 11.2. The smallest absolute Gasteiger partial charge is 0.279 e. The number of nitrogens with zero attached hydrogens (tertiary/aromatic N) is 1. The van der Waals surface area contributed by atoms with Gasteiger partial charge in [-0.05, 0) is 12.1 Å².